The number of rotatable bonds is 3. The zero-order valence-electron chi connectivity index (χ0n) is 12.1. The molecular weight excluding hydrogens is 259 g/mol. The number of hydrogen-bond acceptors (Lipinski definition) is 3. The van der Waals surface area contributed by atoms with E-state index in [1.165, 1.54) is 25.3 Å². The molecule has 1 aliphatic rings. The van der Waals surface area contributed by atoms with Crippen molar-refractivity contribution in [1.29, 1.82) is 0 Å². The first-order valence-corrected chi connectivity index (χ1v) is 6.87. The van der Waals surface area contributed by atoms with Gasteiger partial charge in [-0.2, -0.15) is 0 Å². The van der Waals surface area contributed by atoms with E-state index in [-0.39, 0.29) is 11.7 Å². The number of hydrogen-bond donors (Lipinski definition) is 1. The van der Waals surface area contributed by atoms with Crippen LogP contribution in [0.15, 0.2) is 18.2 Å². The Labute approximate surface area is 118 Å². The van der Waals surface area contributed by atoms with Gasteiger partial charge in [-0.1, -0.05) is 6.92 Å². The van der Waals surface area contributed by atoms with Crippen LogP contribution in [0.25, 0.3) is 0 Å². The molecule has 0 saturated carbocycles. The highest BCUT2D eigenvalue weighted by atomic mass is 19.1. The van der Waals surface area contributed by atoms with Crippen LogP contribution in [0.2, 0.25) is 0 Å². The standard InChI is InChI=1S/C15H21FN2O2/c1-10-9-18(7-6-13(10)17-2)15(19)11-4-5-12(16)14(8-11)20-3/h4-5,8,10,13,17H,6-7,9H2,1-3H3. The summed E-state index contributed by atoms with van der Waals surface area (Å²) in [5, 5.41) is 3.27. The van der Waals surface area contributed by atoms with Gasteiger partial charge in [0.25, 0.3) is 5.91 Å². The Hall–Kier alpha value is -1.62. The minimum absolute atomic E-state index is 0.0651. The number of benzene rings is 1. The van der Waals surface area contributed by atoms with Crippen LogP contribution in [0.4, 0.5) is 4.39 Å². The van der Waals surface area contributed by atoms with Crippen molar-refractivity contribution in [3.63, 3.8) is 0 Å². The van der Waals surface area contributed by atoms with Gasteiger partial charge in [0.05, 0.1) is 7.11 Å². The van der Waals surface area contributed by atoms with E-state index in [4.69, 9.17) is 4.74 Å². The highest BCUT2D eigenvalue weighted by molar-refractivity contribution is 5.94. The van der Waals surface area contributed by atoms with Crippen LogP contribution in [0, 0.1) is 11.7 Å². The number of carbonyl (C=O) groups is 1. The third kappa shape index (κ3) is 2.93. The van der Waals surface area contributed by atoms with Gasteiger partial charge in [0.2, 0.25) is 0 Å². The lowest BCUT2D eigenvalue weighted by Crippen LogP contribution is -2.49. The number of nitrogens with one attached hydrogen (secondary N) is 1. The van der Waals surface area contributed by atoms with Crippen molar-refractivity contribution in [2.24, 2.45) is 5.92 Å². The molecule has 5 heteroatoms. The van der Waals surface area contributed by atoms with Crippen LogP contribution in [0.5, 0.6) is 5.75 Å². The Bertz CT molecular complexity index is 493. The Morgan fingerprint density at radius 3 is 2.85 bits per heavy atom. The fourth-order valence-corrected chi connectivity index (χ4v) is 2.73. The van der Waals surface area contributed by atoms with Gasteiger partial charge in [-0.05, 0) is 37.6 Å². The van der Waals surface area contributed by atoms with Crippen LogP contribution in [-0.2, 0) is 0 Å². The number of amides is 1. The average molecular weight is 280 g/mol. The molecule has 1 saturated heterocycles. The van der Waals surface area contributed by atoms with E-state index >= 15 is 0 Å². The van der Waals surface area contributed by atoms with E-state index in [0.29, 0.717) is 30.6 Å². The smallest absolute Gasteiger partial charge is 0.254 e. The molecule has 1 fully saturated rings. The van der Waals surface area contributed by atoms with Gasteiger partial charge in [0, 0.05) is 24.7 Å². The molecule has 110 valence electrons. The second kappa shape index (κ2) is 6.22. The normalized spacial score (nSPS) is 22.7. The van der Waals surface area contributed by atoms with Gasteiger partial charge in [-0.15, -0.1) is 0 Å². The van der Waals surface area contributed by atoms with Crippen molar-refractivity contribution in [1.82, 2.24) is 10.2 Å². The number of likely N-dealkylation sites (tertiary alicyclic amines) is 1. The number of piperidine rings is 1. The molecule has 1 aromatic rings. The first-order valence-electron chi connectivity index (χ1n) is 6.87. The SMILES string of the molecule is CNC1CCN(C(=O)c2ccc(F)c(OC)c2)CC1C. The van der Waals surface area contributed by atoms with Gasteiger partial charge < -0.3 is 15.0 Å². The van der Waals surface area contributed by atoms with Crippen molar-refractivity contribution in [2.75, 3.05) is 27.2 Å². The molecule has 20 heavy (non-hydrogen) atoms. The highest BCUT2D eigenvalue weighted by Crippen LogP contribution is 2.22. The number of carbonyl (C=O) groups excluding carboxylic acids is 1. The summed E-state index contributed by atoms with van der Waals surface area (Å²) in [5.41, 5.74) is 0.471. The van der Waals surface area contributed by atoms with Gasteiger partial charge in [0.1, 0.15) is 0 Å². The van der Waals surface area contributed by atoms with Crippen molar-refractivity contribution in [3.8, 4) is 5.75 Å². The van der Waals surface area contributed by atoms with E-state index in [1.807, 2.05) is 11.9 Å². The van der Waals surface area contributed by atoms with E-state index in [1.54, 1.807) is 0 Å². The Balaban J connectivity index is 2.12. The largest absolute Gasteiger partial charge is 0.494 e. The maximum absolute atomic E-state index is 13.4. The van der Waals surface area contributed by atoms with Crippen LogP contribution in [0.3, 0.4) is 0 Å². The quantitative estimate of drug-likeness (QED) is 0.919. The first-order chi connectivity index (χ1) is 9.56. The van der Waals surface area contributed by atoms with Crippen LogP contribution < -0.4 is 10.1 Å². The van der Waals surface area contributed by atoms with Crippen molar-refractivity contribution < 1.29 is 13.9 Å². The molecule has 2 atom stereocenters. The van der Waals surface area contributed by atoms with Crippen molar-refractivity contribution in [3.05, 3.63) is 29.6 Å². The summed E-state index contributed by atoms with van der Waals surface area (Å²) in [6.45, 7) is 3.56. The van der Waals surface area contributed by atoms with Crippen molar-refractivity contribution >= 4 is 5.91 Å². The Kier molecular flexibility index (Phi) is 4.60. The zero-order valence-corrected chi connectivity index (χ0v) is 12.1. The molecule has 1 amide bonds. The molecule has 0 aliphatic carbocycles. The zero-order chi connectivity index (χ0) is 14.7. The Morgan fingerprint density at radius 1 is 1.50 bits per heavy atom. The summed E-state index contributed by atoms with van der Waals surface area (Å²) in [6, 6.07) is 4.69. The first kappa shape index (κ1) is 14.8. The summed E-state index contributed by atoms with van der Waals surface area (Å²) in [7, 11) is 3.34. The number of methoxy groups -OCH3 is 1. The number of ether oxygens (including phenoxy) is 1. The predicted octanol–water partition coefficient (Wildman–Crippen LogP) is 1.90. The Morgan fingerprint density at radius 2 is 2.25 bits per heavy atom. The van der Waals surface area contributed by atoms with E-state index < -0.39 is 5.82 Å². The van der Waals surface area contributed by atoms with Gasteiger partial charge in [-0.3, -0.25) is 4.79 Å². The van der Waals surface area contributed by atoms with E-state index in [0.717, 1.165) is 6.42 Å². The van der Waals surface area contributed by atoms with E-state index in [9.17, 15) is 9.18 Å². The molecule has 1 aliphatic heterocycles. The molecule has 2 rings (SSSR count). The second-order valence-corrected chi connectivity index (χ2v) is 5.26. The maximum Gasteiger partial charge on any atom is 0.254 e. The summed E-state index contributed by atoms with van der Waals surface area (Å²) in [4.78, 5) is 14.3. The fourth-order valence-electron chi connectivity index (χ4n) is 2.73. The molecule has 0 spiro atoms. The molecule has 0 aromatic heterocycles. The third-order valence-corrected chi connectivity index (χ3v) is 3.96. The molecule has 1 aromatic carbocycles. The third-order valence-electron chi connectivity index (χ3n) is 3.96. The molecule has 1 N–H and O–H groups in total. The summed E-state index contributed by atoms with van der Waals surface area (Å²) >= 11 is 0. The number of halogens is 1. The second-order valence-electron chi connectivity index (χ2n) is 5.26. The minimum Gasteiger partial charge on any atom is -0.494 e. The molecule has 2 unspecified atom stereocenters. The van der Waals surface area contributed by atoms with Gasteiger partial charge >= 0.3 is 0 Å². The highest BCUT2D eigenvalue weighted by Gasteiger charge is 2.28. The van der Waals surface area contributed by atoms with Crippen LogP contribution in [0.1, 0.15) is 23.7 Å². The number of nitrogens with zero attached hydrogens (tertiary/aromatic N) is 1. The summed E-state index contributed by atoms with van der Waals surface area (Å²) < 4.78 is 18.3. The lowest BCUT2D eigenvalue weighted by atomic mass is 9.93. The predicted molar refractivity (Wildman–Crippen MR) is 75.5 cm³/mol. The summed E-state index contributed by atoms with van der Waals surface area (Å²) in [5.74, 6) is -0.00920. The summed E-state index contributed by atoms with van der Waals surface area (Å²) in [6.07, 6.45) is 0.932. The fraction of sp³-hybridized carbons (Fsp3) is 0.533. The molecule has 0 radical (unpaired) electrons. The monoisotopic (exact) mass is 280 g/mol. The minimum atomic E-state index is -0.452. The van der Waals surface area contributed by atoms with Crippen molar-refractivity contribution in [2.45, 2.75) is 19.4 Å². The molecule has 1 heterocycles. The van der Waals surface area contributed by atoms with Crippen LogP contribution >= 0.6 is 0 Å². The lowest BCUT2D eigenvalue weighted by molar-refractivity contribution is 0.0649. The topological polar surface area (TPSA) is 41.6 Å². The van der Waals surface area contributed by atoms with E-state index in [2.05, 4.69) is 12.2 Å². The maximum atomic E-state index is 13.4. The van der Waals surface area contributed by atoms with Gasteiger partial charge in [-0.25, -0.2) is 4.39 Å². The molecule has 4 nitrogen and oxygen atoms in total. The van der Waals surface area contributed by atoms with Gasteiger partial charge in [0.15, 0.2) is 11.6 Å². The molecular formula is C15H21FN2O2. The average Bonchev–Trinajstić information content (AvgIpc) is 2.47. The van der Waals surface area contributed by atoms with Crippen LogP contribution in [-0.4, -0.2) is 44.1 Å². The lowest BCUT2D eigenvalue weighted by Gasteiger charge is -2.36. The molecule has 0 bridgehead atoms.